The van der Waals surface area contributed by atoms with Crippen LogP contribution in [0, 0.1) is 18.7 Å². The fraction of sp³-hybridized carbons (Fsp3) is 0.522. The zero-order valence-electron chi connectivity index (χ0n) is 17.3. The Bertz CT molecular complexity index is 979. The van der Waals surface area contributed by atoms with Crippen LogP contribution in [-0.4, -0.2) is 27.7 Å². The monoisotopic (exact) mass is 438 g/mol. The van der Waals surface area contributed by atoms with Crippen LogP contribution < -0.4 is 5.32 Å². The Morgan fingerprint density at radius 2 is 1.87 bits per heavy atom. The summed E-state index contributed by atoms with van der Waals surface area (Å²) in [4.78, 5) is 13.0. The Morgan fingerprint density at radius 1 is 1.16 bits per heavy atom. The minimum atomic E-state index is -4.59. The van der Waals surface area contributed by atoms with E-state index in [0.29, 0.717) is 36.6 Å². The number of nitrogens with zero attached hydrogens (tertiary/aromatic N) is 1. The minimum Gasteiger partial charge on any atom is -0.391 e. The lowest BCUT2D eigenvalue weighted by Crippen LogP contribution is -2.45. The highest BCUT2D eigenvalue weighted by atomic mass is 19.4. The van der Waals surface area contributed by atoms with Gasteiger partial charge in [0.25, 0.3) is 5.91 Å². The number of benzene rings is 1. The van der Waals surface area contributed by atoms with Gasteiger partial charge in [0.15, 0.2) is 0 Å². The van der Waals surface area contributed by atoms with Crippen LogP contribution in [0.4, 0.5) is 17.6 Å². The highest BCUT2D eigenvalue weighted by molar-refractivity contribution is 5.97. The summed E-state index contributed by atoms with van der Waals surface area (Å²) < 4.78 is 56.1. The lowest BCUT2D eigenvalue weighted by molar-refractivity contribution is -0.137. The molecule has 2 saturated carbocycles. The SMILES string of the molecule is Cc1c(C(=O)N[C@@H]2CCCC[C@H]2O)cc(-c2cc(C(F)(F)F)ccc2F)n1CC1CC1. The number of aromatic nitrogens is 1. The first-order valence-electron chi connectivity index (χ1n) is 10.7. The second-order valence-electron chi connectivity index (χ2n) is 8.71. The van der Waals surface area contributed by atoms with Gasteiger partial charge in [0, 0.05) is 17.8 Å². The standard InChI is InChI=1S/C23H26F4N2O2/c1-13-16(22(31)28-19-4-2-3-5-21(19)30)11-20(29(13)12-14-6-7-14)17-10-15(23(25,26)27)8-9-18(17)24/h8-11,14,19,21,30H,2-7,12H2,1H3,(H,28,31)/t19-,21-/m1/s1. The predicted molar refractivity (Wildman–Crippen MR) is 108 cm³/mol. The number of halogens is 4. The molecule has 1 aromatic heterocycles. The largest absolute Gasteiger partial charge is 0.416 e. The van der Waals surface area contributed by atoms with Crippen molar-refractivity contribution in [1.82, 2.24) is 9.88 Å². The first-order valence-corrected chi connectivity index (χ1v) is 10.7. The molecule has 0 saturated heterocycles. The summed E-state index contributed by atoms with van der Waals surface area (Å²) in [6, 6.07) is 3.46. The van der Waals surface area contributed by atoms with Crippen molar-refractivity contribution in [1.29, 1.82) is 0 Å². The smallest absolute Gasteiger partial charge is 0.391 e. The molecule has 2 aromatic rings. The number of hydrogen-bond acceptors (Lipinski definition) is 2. The van der Waals surface area contributed by atoms with Crippen LogP contribution in [0.2, 0.25) is 0 Å². The fourth-order valence-corrected chi connectivity index (χ4v) is 4.32. The maximum atomic E-state index is 14.6. The molecule has 0 aliphatic heterocycles. The maximum Gasteiger partial charge on any atom is 0.416 e. The minimum absolute atomic E-state index is 0.171. The van der Waals surface area contributed by atoms with E-state index in [-0.39, 0.29) is 17.3 Å². The second kappa shape index (κ2) is 8.30. The van der Waals surface area contributed by atoms with E-state index in [1.807, 2.05) is 0 Å². The molecule has 2 aliphatic carbocycles. The lowest BCUT2D eigenvalue weighted by atomic mass is 9.92. The second-order valence-corrected chi connectivity index (χ2v) is 8.71. The lowest BCUT2D eigenvalue weighted by Gasteiger charge is -2.28. The number of alkyl halides is 3. The van der Waals surface area contributed by atoms with Crippen molar-refractivity contribution in [2.75, 3.05) is 0 Å². The predicted octanol–water partition coefficient (Wildman–Crippen LogP) is 5.06. The van der Waals surface area contributed by atoms with Gasteiger partial charge in [-0.2, -0.15) is 13.2 Å². The highest BCUT2D eigenvalue weighted by Crippen LogP contribution is 2.38. The van der Waals surface area contributed by atoms with Crippen LogP contribution >= 0.6 is 0 Å². The molecule has 4 rings (SSSR count). The molecule has 1 heterocycles. The molecule has 168 valence electrons. The number of aliphatic hydroxyl groups excluding tert-OH is 1. The van der Waals surface area contributed by atoms with Crippen molar-refractivity contribution in [3.8, 4) is 11.3 Å². The van der Waals surface area contributed by atoms with Gasteiger partial charge in [-0.3, -0.25) is 4.79 Å². The molecule has 2 N–H and O–H groups in total. The van der Waals surface area contributed by atoms with Gasteiger partial charge in [-0.25, -0.2) is 4.39 Å². The summed E-state index contributed by atoms with van der Waals surface area (Å²) in [7, 11) is 0. The molecule has 0 radical (unpaired) electrons. The van der Waals surface area contributed by atoms with E-state index in [2.05, 4.69) is 5.32 Å². The Labute approximate surface area is 178 Å². The molecule has 0 unspecified atom stereocenters. The molecular weight excluding hydrogens is 412 g/mol. The molecule has 1 amide bonds. The van der Waals surface area contributed by atoms with Gasteiger partial charge < -0.3 is 15.0 Å². The zero-order valence-corrected chi connectivity index (χ0v) is 17.3. The molecule has 2 atom stereocenters. The summed E-state index contributed by atoms with van der Waals surface area (Å²) >= 11 is 0. The first kappa shape index (κ1) is 21.9. The molecule has 0 spiro atoms. The average molecular weight is 438 g/mol. The maximum absolute atomic E-state index is 14.6. The zero-order chi connectivity index (χ0) is 22.3. The van der Waals surface area contributed by atoms with Crippen LogP contribution in [0.1, 0.15) is 60.1 Å². The Hall–Kier alpha value is -2.35. The highest BCUT2D eigenvalue weighted by Gasteiger charge is 2.33. The van der Waals surface area contributed by atoms with E-state index >= 15 is 0 Å². The topological polar surface area (TPSA) is 54.3 Å². The van der Waals surface area contributed by atoms with Crippen LogP contribution in [0.25, 0.3) is 11.3 Å². The van der Waals surface area contributed by atoms with Gasteiger partial charge in [0.05, 0.1) is 29.0 Å². The van der Waals surface area contributed by atoms with Gasteiger partial charge in [-0.1, -0.05) is 12.8 Å². The first-order chi connectivity index (χ1) is 14.6. The Balaban J connectivity index is 1.72. The third-order valence-electron chi connectivity index (χ3n) is 6.36. The van der Waals surface area contributed by atoms with Crippen LogP contribution in [-0.2, 0) is 12.7 Å². The number of rotatable bonds is 5. The number of amides is 1. The molecular formula is C23H26F4N2O2. The van der Waals surface area contributed by atoms with Crippen molar-refractivity contribution in [3.05, 3.63) is 46.9 Å². The normalized spacial score (nSPS) is 21.9. The van der Waals surface area contributed by atoms with E-state index in [0.717, 1.165) is 43.9 Å². The number of aliphatic hydroxyl groups is 1. The van der Waals surface area contributed by atoms with E-state index in [1.165, 1.54) is 6.07 Å². The van der Waals surface area contributed by atoms with Crippen molar-refractivity contribution >= 4 is 5.91 Å². The van der Waals surface area contributed by atoms with Crippen molar-refractivity contribution in [2.45, 2.75) is 70.3 Å². The van der Waals surface area contributed by atoms with E-state index < -0.39 is 29.6 Å². The van der Waals surface area contributed by atoms with Crippen molar-refractivity contribution in [3.63, 3.8) is 0 Å². The van der Waals surface area contributed by atoms with Crippen LogP contribution in [0.15, 0.2) is 24.3 Å². The number of hydrogen-bond donors (Lipinski definition) is 2. The Morgan fingerprint density at radius 3 is 2.52 bits per heavy atom. The quantitative estimate of drug-likeness (QED) is 0.641. The summed E-state index contributed by atoms with van der Waals surface area (Å²) in [5, 5.41) is 13.0. The number of nitrogens with one attached hydrogen (secondary N) is 1. The third-order valence-corrected chi connectivity index (χ3v) is 6.36. The van der Waals surface area contributed by atoms with Gasteiger partial charge >= 0.3 is 6.18 Å². The average Bonchev–Trinajstić information content (AvgIpc) is 3.47. The Kier molecular flexibility index (Phi) is 5.85. The van der Waals surface area contributed by atoms with Gasteiger partial charge in [-0.15, -0.1) is 0 Å². The molecule has 2 fully saturated rings. The summed E-state index contributed by atoms with van der Waals surface area (Å²) in [6.45, 7) is 2.25. The third kappa shape index (κ3) is 4.63. The molecule has 4 nitrogen and oxygen atoms in total. The van der Waals surface area contributed by atoms with Crippen LogP contribution in [0.3, 0.4) is 0 Å². The van der Waals surface area contributed by atoms with Crippen molar-refractivity contribution in [2.24, 2.45) is 5.92 Å². The molecule has 1 aromatic carbocycles. The summed E-state index contributed by atoms with van der Waals surface area (Å²) in [5.41, 5.74) is 0.0430. The molecule has 31 heavy (non-hydrogen) atoms. The van der Waals surface area contributed by atoms with E-state index in [1.54, 1.807) is 11.5 Å². The van der Waals surface area contributed by atoms with Crippen molar-refractivity contribution < 1.29 is 27.5 Å². The summed E-state index contributed by atoms with van der Waals surface area (Å²) in [5.74, 6) is -0.793. The molecule has 2 aliphatic rings. The molecule has 8 heteroatoms. The molecule has 0 bridgehead atoms. The van der Waals surface area contributed by atoms with Gasteiger partial charge in [0.1, 0.15) is 5.82 Å². The fourth-order valence-electron chi connectivity index (χ4n) is 4.32. The van der Waals surface area contributed by atoms with Gasteiger partial charge in [0.2, 0.25) is 0 Å². The van der Waals surface area contributed by atoms with Gasteiger partial charge in [-0.05, 0) is 62.8 Å². The van der Waals surface area contributed by atoms with E-state index in [4.69, 9.17) is 0 Å². The van der Waals surface area contributed by atoms with E-state index in [9.17, 15) is 27.5 Å². The number of carbonyl (C=O) groups is 1. The number of carbonyl (C=O) groups excluding carboxylic acids is 1. The van der Waals surface area contributed by atoms with Crippen LogP contribution in [0.5, 0.6) is 0 Å². The summed E-state index contributed by atoms with van der Waals surface area (Å²) in [6.07, 6.45) is -0.115.